The van der Waals surface area contributed by atoms with E-state index >= 15 is 0 Å². The lowest BCUT2D eigenvalue weighted by atomic mass is 10.1. The highest BCUT2D eigenvalue weighted by Crippen LogP contribution is 2.39. The van der Waals surface area contributed by atoms with Crippen LogP contribution in [0.25, 0.3) is 0 Å². The van der Waals surface area contributed by atoms with Gasteiger partial charge in [-0.15, -0.1) is 0 Å². The summed E-state index contributed by atoms with van der Waals surface area (Å²) < 4.78 is 43.3. The predicted octanol–water partition coefficient (Wildman–Crippen LogP) is 3.85. The average molecular weight is 579 g/mol. The summed E-state index contributed by atoms with van der Waals surface area (Å²) in [4.78, 5) is 8.48. The Kier molecular flexibility index (Phi) is 9.03. The first kappa shape index (κ1) is 29.3. The molecule has 0 atom stereocenters. The van der Waals surface area contributed by atoms with E-state index in [0.29, 0.717) is 60.3 Å². The number of benzene rings is 3. The molecule has 4 rings (SSSR count). The van der Waals surface area contributed by atoms with Crippen LogP contribution < -0.4 is 36.7 Å². The van der Waals surface area contributed by atoms with E-state index in [1.165, 1.54) is 12.1 Å². The number of sulfone groups is 1. The fourth-order valence-electron chi connectivity index (χ4n) is 4.28. The number of methoxy groups -OCH3 is 2. The number of nitrogens with one attached hydrogen (secondary N) is 1. The van der Waals surface area contributed by atoms with Gasteiger partial charge in [-0.1, -0.05) is 0 Å². The Morgan fingerprint density at radius 1 is 0.927 bits per heavy atom. The summed E-state index contributed by atoms with van der Waals surface area (Å²) in [6.45, 7) is 2.76. The van der Waals surface area contributed by atoms with Crippen LogP contribution in [0.1, 0.15) is 23.1 Å². The van der Waals surface area contributed by atoms with Crippen LogP contribution in [0.4, 0.5) is 23.1 Å². The molecule has 3 aromatic carbocycles. The molecular formula is C29H34N6O5S. The average Bonchev–Trinajstić information content (AvgIpc) is 2.94. The molecule has 1 aromatic heterocycles. The van der Waals surface area contributed by atoms with E-state index < -0.39 is 9.84 Å². The summed E-state index contributed by atoms with van der Waals surface area (Å²) >= 11 is 0. The van der Waals surface area contributed by atoms with Gasteiger partial charge in [-0.3, -0.25) is 0 Å². The second-order valence-electron chi connectivity index (χ2n) is 9.33. The standard InChI is InChI=1S/C29H34N6O5S/c1-18-13-22(7-10-26(18)41(36,37)23-8-5-21(30)6-9-23)33-11-4-12-40-27-24(38-2)15-19(16-25(27)39-3)14-20-17-34-29(32)35-28(20)31/h5-10,13,15-17,33H,4,11-12,14,30H2,1-3H3,(H4,31,32,34,35). The van der Waals surface area contributed by atoms with Gasteiger partial charge in [0.1, 0.15) is 5.82 Å². The monoisotopic (exact) mass is 578 g/mol. The lowest BCUT2D eigenvalue weighted by Gasteiger charge is -2.17. The fourth-order valence-corrected chi connectivity index (χ4v) is 5.76. The number of nitrogens with zero attached hydrogens (tertiary/aromatic N) is 2. The number of hydrogen-bond acceptors (Lipinski definition) is 11. The maximum atomic E-state index is 13.0. The molecule has 11 nitrogen and oxygen atoms in total. The third-order valence-corrected chi connectivity index (χ3v) is 8.31. The minimum absolute atomic E-state index is 0.120. The topological polar surface area (TPSA) is 178 Å². The Labute approximate surface area is 239 Å². The van der Waals surface area contributed by atoms with Crippen molar-refractivity contribution in [1.82, 2.24) is 9.97 Å². The van der Waals surface area contributed by atoms with Crippen molar-refractivity contribution in [2.24, 2.45) is 0 Å². The van der Waals surface area contributed by atoms with E-state index in [1.54, 1.807) is 51.6 Å². The Morgan fingerprint density at radius 2 is 1.61 bits per heavy atom. The molecule has 1 heterocycles. The van der Waals surface area contributed by atoms with Crippen LogP contribution in [-0.2, 0) is 16.3 Å². The third-order valence-electron chi connectivity index (χ3n) is 6.38. The SMILES string of the molecule is COc1cc(Cc2cnc(N)nc2N)cc(OC)c1OCCCNc1ccc(S(=O)(=O)c2ccc(N)cc2)c(C)c1. The zero-order valence-electron chi connectivity index (χ0n) is 23.2. The van der Waals surface area contributed by atoms with Crippen molar-refractivity contribution in [1.29, 1.82) is 0 Å². The number of nitrogen functional groups attached to an aromatic ring is 3. The third kappa shape index (κ3) is 6.90. The fraction of sp³-hybridized carbons (Fsp3) is 0.241. The Hall–Kier alpha value is -4.71. The van der Waals surface area contributed by atoms with Crippen LogP contribution in [0.2, 0.25) is 0 Å². The molecule has 0 aliphatic carbocycles. The lowest BCUT2D eigenvalue weighted by molar-refractivity contribution is 0.273. The number of aryl methyl sites for hydroxylation is 1. The first-order valence-electron chi connectivity index (χ1n) is 12.8. The van der Waals surface area contributed by atoms with E-state index in [9.17, 15) is 8.42 Å². The van der Waals surface area contributed by atoms with Crippen molar-refractivity contribution in [2.75, 3.05) is 49.9 Å². The Morgan fingerprint density at radius 3 is 2.22 bits per heavy atom. The lowest BCUT2D eigenvalue weighted by Crippen LogP contribution is -2.10. The largest absolute Gasteiger partial charge is 0.493 e. The van der Waals surface area contributed by atoms with Gasteiger partial charge in [0, 0.05) is 36.1 Å². The van der Waals surface area contributed by atoms with Gasteiger partial charge in [0.2, 0.25) is 21.5 Å². The van der Waals surface area contributed by atoms with Gasteiger partial charge in [0.15, 0.2) is 11.5 Å². The zero-order chi connectivity index (χ0) is 29.6. The predicted molar refractivity (Wildman–Crippen MR) is 159 cm³/mol. The van der Waals surface area contributed by atoms with Crippen LogP contribution in [0.5, 0.6) is 17.2 Å². The summed E-state index contributed by atoms with van der Waals surface area (Å²) in [6, 6.07) is 15.1. The minimum atomic E-state index is -3.65. The van der Waals surface area contributed by atoms with Gasteiger partial charge in [-0.2, -0.15) is 4.98 Å². The molecule has 7 N–H and O–H groups in total. The maximum Gasteiger partial charge on any atom is 0.221 e. The second-order valence-corrected chi connectivity index (χ2v) is 11.2. The molecule has 216 valence electrons. The van der Waals surface area contributed by atoms with Gasteiger partial charge >= 0.3 is 0 Å². The highest BCUT2D eigenvalue weighted by atomic mass is 32.2. The molecule has 0 saturated heterocycles. The van der Waals surface area contributed by atoms with E-state index in [-0.39, 0.29) is 15.7 Å². The molecule has 0 radical (unpaired) electrons. The molecule has 0 aliphatic rings. The highest BCUT2D eigenvalue weighted by molar-refractivity contribution is 7.91. The van der Waals surface area contributed by atoms with Crippen LogP contribution in [0.3, 0.4) is 0 Å². The van der Waals surface area contributed by atoms with Crippen LogP contribution in [-0.4, -0.2) is 45.8 Å². The summed E-state index contributed by atoms with van der Waals surface area (Å²) in [7, 11) is -0.520. The molecule has 0 spiro atoms. The van der Waals surface area contributed by atoms with Crippen molar-refractivity contribution < 1.29 is 22.6 Å². The quantitative estimate of drug-likeness (QED) is 0.142. The molecule has 12 heteroatoms. The van der Waals surface area contributed by atoms with Gasteiger partial charge in [0.05, 0.1) is 30.6 Å². The normalized spacial score (nSPS) is 11.2. The van der Waals surface area contributed by atoms with E-state index in [1.807, 2.05) is 18.2 Å². The van der Waals surface area contributed by atoms with Crippen LogP contribution in [0.15, 0.2) is 70.6 Å². The van der Waals surface area contributed by atoms with Crippen molar-refractivity contribution in [3.05, 3.63) is 77.5 Å². The number of rotatable bonds is 12. The van der Waals surface area contributed by atoms with Crippen molar-refractivity contribution in [3.63, 3.8) is 0 Å². The highest BCUT2D eigenvalue weighted by Gasteiger charge is 2.20. The Bertz CT molecular complexity index is 1600. The first-order valence-corrected chi connectivity index (χ1v) is 14.3. The van der Waals surface area contributed by atoms with Gasteiger partial charge < -0.3 is 36.7 Å². The molecule has 0 saturated carbocycles. The molecule has 0 amide bonds. The summed E-state index contributed by atoms with van der Waals surface area (Å²) in [5.41, 5.74) is 20.8. The summed E-state index contributed by atoms with van der Waals surface area (Å²) in [5.74, 6) is 1.98. The van der Waals surface area contributed by atoms with Gasteiger partial charge in [-0.25, -0.2) is 13.4 Å². The minimum Gasteiger partial charge on any atom is -0.493 e. The first-order chi connectivity index (χ1) is 19.6. The number of aromatic nitrogens is 2. The number of hydrogen-bond donors (Lipinski definition) is 4. The molecular weight excluding hydrogens is 544 g/mol. The molecule has 4 aromatic rings. The molecule has 41 heavy (non-hydrogen) atoms. The summed E-state index contributed by atoms with van der Waals surface area (Å²) in [6.07, 6.45) is 2.72. The van der Waals surface area contributed by atoms with Crippen molar-refractivity contribution in [3.8, 4) is 17.2 Å². The zero-order valence-corrected chi connectivity index (χ0v) is 24.0. The number of ether oxygens (including phenoxy) is 3. The smallest absolute Gasteiger partial charge is 0.221 e. The number of anilines is 4. The maximum absolute atomic E-state index is 13.0. The molecule has 0 aliphatic heterocycles. The second kappa shape index (κ2) is 12.6. The Balaban J connectivity index is 1.36. The summed E-state index contributed by atoms with van der Waals surface area (Å²) in [5, 5.41) is 3.31. The van der Waals surface area contributed by atoms with E-state index in [4.69, 9.17) is 31.4 Å². The van der Waals surface area contributed by atoms with Crippen molar-refractivity contribution in [2.45, 2.75) is 29.6 Å². The van der Waals surface area contributed by atoms with Crippen molar-refractivity contribution >= 4 is 33.0 Å². The van der Waals surface area contributed by atoms with E-state index in [0.717, 1.165) is 16.8 Å². The van der Waals surface area contributed by atoms with Gasteiger partial charge in [0.25, 0.3) is 0 Å². The van der Waals surface area contributed by atoms with Crippen LogP contribution >= 0.6 is 0 Å². The van der Waals surface area contributed by atoms with Crippen LogP contribution in [0, 0.1) is 6.92 Å². The molecule has 0 fully saturated rings. The van der Waals surface area contributed by atoms with E-state index in [2.05, 4.69) is 15.3 Å². The molecule has 0 bridgehead atoms. The van der Waals surface area contributed by atoms with Gasteiger partial charge in [-0.05, 0) is 79.1 Å². The number of nitrogens with two attached hydrogens (primary N) is 3. The molecule has 0 unspecified atom stereocenters.